The summed E-state index contributed by atoms with van der Waals surface area (Å²) in [5, 5.41) is 2.55. The number of nitrogens with one attached hydrogen (secondary N) is 1. The minimum atomic E-state index is -4.49. The van der Waals surface area contributed by atoms with Crippen molar-refractivity contribution in [3.05, 3.63) is 53.5 Å². The van der Waals surface area contributed by atoms with Crippen molar-refractivity contribution in [2.45, 2.75) is 12.7 Å². The molecule has 1 aromatic carbocycles. The number of alkyl halides is 3. The fraction of sp³-hybridized carbons (Fsp3) is 0.353. The molecule has 1 aliphatic rings. The smallest absolute Gasteiger partial charge is 0.378 e. The van der Waals surface area contributed by atoms with Crippen molar-refractivity contribution in [2.75, 3.05) is 31.2 Å². The number of halogens is 3. The third-order valence-corrected chi connectivity index (χ3v) is 3.88. The number of nitrogens with zero attached hydrogens (tertiary/aromatic N) is 3. The molecule has 2 heterocycles. The first kappa shape index (κ1) is 18.1. The van der Waals surface area contributed by atoms with E-state index in [1.54, 1.807) is 12.3 Å². The second kappa shape index (κ2) is 7.69. The first-order valence-electron chi connectivity index (χ1n) is 8.03. The molecule has 1 saturated heterocycles. The Morgan fingerprint density at radius 2 is 2.00 bits per heavy atom. The Bertz CT molecular complexity index is 777. The topological polar surface area (TPSA) is 67.4 Å². The van der Waals surface area contributed by atoms with Crippen LogP contribution in [-0.2, 0) is 17.5 Å². The average Bonchev–Trinajstić information content (AvgIpc) is 2.66. The van der Waals surface area contributed by atoms with Gasteiger partial charge in [-0.1, -0.05) is 6.07 Å². The number of benzene rings is 1. The van der Waals surface area contributed by atoms with Gasteiger partial charge in [0.2, 0.25) is 0 Å². The molecule has 0 aliphatic carbocycles. The number of rotatable bonds is 4. The van der Waals surface area contributed by atoms with Crippen LogP contribution in [0.2, 0.25) is 0 Å². The molecule has 6 nitrogen and oxygen atoms in total. The molecule has 2 aromatic rings. The van der Waals surface area contributed by atoms with Gasteiger partial charge in [-0.25, -0.2) is 9.97 Å². The van der Waals surface area contributed by atoms with Gasteiger partial charge >= 0.3 is 6.18 Å². The first-order valence-corrected chi connectivity index (χ1v) is 8.03. The minimum absolute atomic E-state index is 0.0211. The summed E-state index contributed by atoms with van der Waals surface area (Å²) in [5.41, 5.74) is -0.931. The van der Waals surface area contributed by atoms with E-state index in [1.807, 2.05) is 4.90 Å². The van der Waals surface area contributed by atoms with Gasteiger partial charge in [0.15, 0.2) is 0 Å². The largest absolute Gasteiger partial charge is 0.416 e. The van der Waals surface area contributed by atoms with Crippen molar-refractivity contribution < 1.29 is 22.7 Å². The van der Waals surface area contributed by atoms with Crippen molar-refractivity contribution in [1.82, 2.24) is 15.3 Å². The molecular weight excluding hydrogens is 349 g/mol. The van der Waals surface area contributed by atoms with Gasteiger partial charge in [-0.15, -0.1) is 0 Å². The maximum atomic E-state index is 12.7. The summed E-state index contributed by atoms with van der Waals surface area (Å²) in [7, 11) is 0. The molecule has 138 valence electrons. The summed E-state index contributed by atoms with van der Waals surface area (Å²) >= 11 is 0. The highest BCUT2D eigenvalue weighted by atomic mass is 19.4. The Labute approximate surface area is 148 Å². The maximum Gasteiger partial charge on any atom is 0.416 e. The summed E-state index contributed by atoms with van der Waals surface area (Å²) in [6, 6.07) is 6.04. The van der Waals surface area contributed by atoms with E-state index >= 15 is 0 Å². The molecule has 1 N–H and O–H groups in total. The van der Waals surface area contributed by atoms with Crippen molar-refractivity contribution in [3.63, 3.8) is 0 Å². The average molecular weight is 366 g/mol. The molecule has 1 aromatic heterocycles. The van der Waals surface area contributed by atoms with E-state index in [2.05, 4.69) is 15.3 Å². The fourth-order valence-corrected chi connectivity index (χ4v) is 2.54. The molecule has 9 heteroatoms. The number of carbonyl (C=O) groups excluding carboxylic acids is 1. The lowest BCUT2D eigenvalue weighted by molar-refractivity contribution is -0.137. The number of morpholine rings is 1. The van der Waals surface area contributed by atoms with Crippen LogP contribution in [0.4, 0.5) is 19.0 Å². The number of carbonyl (C=O) groups is 1. The zero-order chi connectivity index (χ0) is 18.6. The molecule has 3 rings (SSSR count). The van der Waals surface area contributed by atoms with Gasteiger partial charge in [-0.05, 0) is 24.3 Å². The third kappa shape index (κ3) is 4.48. The number of hydrogen-bond donors (Lipinski definition) is 1. The number of ether oxygens (including phenoxy) is 1. The minimum Gasteiger partial charge on any atom is -0.378 e. The van der Waals surface area contributed by atoms with Gasteiger partial charge in [0.05, 0.1) is 25.3 Å². The second-order valence-corrected chi connectivity index (χ2v) is 5.69. The molecule has 0 bridgehead atoms. The van der Waals surface area contributed by atoms with E-state index in [9.17, 15) is 18.0 Å². The van der Waals surface area contributed by atoms with E-state index in [1.165, 1.54) is 12.1 Å². The summed E-state index contributed by atoms with van der Waals surface area (Å²) in [5.74, 6) is 0.498. The lowest BCUT2D eigenvalue weighted by atomic mass is 10.1. The molecule has 26 heavy (non-hydrogen) atoms. The van der Waals surface area contributed by atoms with Gasteiger partial charge in [0.25, 0.3) is 5.91 Å². The lowest BCUT2D eigenvalue weighted by Crippen LogP contribution is -2.37. The molecule has 1 amide bonds. The Morgan fingerprint density at radius 3 is 2.73 bits per heavy atom. The SMILES string of the molecule is O=C(NCc1nccc(N2CCOCC2)n1)c1cccc(C(F)(F)F)c1. The number of anilines is 1. The van der Waals surface area contributed by atoms with Gasteiger partial charge in [0.1, 0.15) is 11.6 Å². The van der Waals surface area contributed by atoms with Crippen molar-refractivity contribution in [3.8, 4) is 0 Å². The van der Waals surface area contributed by atoms with Gasteiger partial charge in [-0.2, -0.15) is 13.2 Å². The monoisotopic (exact) mass is 366 g/mol. The Hall–Kier alpha value is -2.68. The van der Waals surface area contributed by atoms with Crippen LogP contribution in [0.1, 0.15) is 21.7 Å². The first-order chi connectivity index (χ1) is 12.4. The van der Waals surface area contributed by atoms with Crippen LogP contribution in [-0.4, -0.2) is 42.2 Å². The molecule has 1 aliphatic heterocycles. The van der Waals surface area contributed by atoms with E-state index < -0.39 is 17.6 Å². The molecule has 0 spiro atoms. The molecule has 0 radical (unpaired) electrons. The fourth-order valence-electron chi connectivity index (χ4n) is 2.54. The molecule has 0 unspecified atom stereocenters. The Kier molecular flexibility index (Phi) is 5.36. The van der Waals surface area contributed by atoms with E-state index in [0.29, 0.717) is 32.1 Å². The normalized spacial score (nSPS) is 15.0. The summed E-state index contributed by atoms with van der Waals surface area (Å²) < 4.78 is 43.5. The Balaban J connectivity index is 1.64. The molecular formula is C17H17F3N4O2. The highest BCUT2D eigenvalue weighted by molar-refractivity contribution is 5.94. The summed E-state index contributed by atoms with van der Waals surface area (Å²) in [6.45, 7) is 2.69. The van der Waals surface area contributed by atoms with Gasteiger partial charge in [-0.3, -0.25) is 4.79 Å². The van der Waals surface area contributed by atoms with Crippen LogP contribution >= 0.6 is 0 Å². The quantitative estimate of drug-likeness (QED) is 0.899. The second-order valence-electron chi connectivity index (χ2n) is 5.69. The number of aromatic nitrogens is 2. The predicted octanol–water partition coefficient (Wildman–Crippen LogP) is 2.26. The molecule has 1 fully saturated rings. The molecule has 0 atom stereocenters. The number of amides is 1. The number of hydrogen-bond acceptors (Lipinski definition) is 5. The van der Waals surface area contributed by atoms with Crippen LogP contribution in [0.5, 0.6) is 0 Å². The maximum absolute atomic E-state index is 12.7. The standard InChI is InChI=1S/C17H17F3N4O2/c18-17(19,20)13-3-1-2-12(10-13)16(25)22-11-14-21-5-4-15(23-14)24-6-8-26-9-7-24/h1-5,10H,6-9,11H2,(H,22,25). The van der Waals surface area contributed by atoms with E-state index in [0.717, 1.165) is 18.0 Å². The highest BCUT2D eigenvalue weighted by Gasteiger charge is 2.30. The van der Waals surface area contributed by atoms with Crippen LogP contribution in [0.15, 0.2) is 36.5 Å². The van der Waals surface area contributed by atoms with Crippen molar-refractivity contribution in [1.29, 1.82) is 0 Å². The third-order valence-electron chi connectivity index (χ3n) is 3.88. The molecule has 0 saturated carbocycles. The highest BCUT2D eigenvalue weighted by Crippen LogP contribution is 2.29. The zero-order valence-corrected chi connectivity index (χ0v) is 13.8. The van der Waals surface area contributed by atoms with Crippen LogP contribution < -0.4 is 10.2 Å². The van der Waals surface area contributed by atoms with Crippen LogP contribution in [0.3, 0.4) is 0 Å². The Morgan fingerprint density at radius 1 is 1.23 bits per heavy atom. The zero-order valence-electron chi connectivity index (χ0n) is 13.8. The van der Waals surface area contributed by atoms with Crippen molar-refractivity contribution in [2.24, 2.45) is 0 Å². The van der Waals surface area contributed by atoms with E-state index in [-0.39, 0.29) is 12.1 Å². The lowest BCUT2D eigenvalue weighted by Gasteiger charge is -2.27. The van der Waals surface area contributed by atoms with Gasteiger partial charge in [0, 0.05) is 24.8 Å². The van der Waals surface area contributed by atoms with Crippen molar-refractivity contribution >= 4 is 11.7 Å². The van der Waals surface area contributed by atoms with Gasteiger partial charge < -0.3 is 15.0 Å². The van der Waals surface area contributed by atoms with Crippen LogP contribution in [0, 0.1) is 0 Å². The predicted molar refractivity (Wildman–Crippen MR) is 87.7 cm³/mol. The summed E-state index contributed by atoms with van der Waals surface area (Å²) in [4.78, 5) is 22.6. The van der Waals surface area contributed by atoms with E-state index in [4.69, 9.17) is 4.74 Å². The van der Waals surface area contributed by atoms with Crippen LogP contribution in [0.25, 0.3) is 0 Å². The summed E-state index contributed by atoms with van der Waals surface area (Å²) in [6.07, 6.45) is -2.91.